The predicted molar refractivity (Wildman–Crippen MR) is 109 cm³/mol. The zero-order chi connectivity index (χ0) is 19.6. The summed E-state index contributed by atoms with van der Waals surface area (Å²) in [6.45, 7) is 6.59. The Hall–Kier alpha value is -1.82. The number of nitrogens with zero attached hydrogens (tertiary/aromatic N) is 4. The van der Waals surface area contributed by atoms with E-state index < -0.39 is 10.0 Å². The van der Waals surface area contributed by atoms with Crippen molar-refractivity contribution < 1.29 is 8.42 Å². The largest absolute Gasteiger partial charge is 0.367 e. The molecule has 0 atom stereocenters. The molecule has 2 N–H and O–H groups in total. The number of thiophene rings is 1. The Labute approximate surface area is 170 Å². The van der Waals surface area contributed by atoms with Crippen LogP contribution in [-0.4, -0.2) is 41.5 Å². The third-order valence-corrected chi connectivity index (χ3v) is 7.63. The van der Waals surface area contributed by atoms with Crippen LogP contribution in [0.15, 0.2) is 32.3 Å². The molecule has 27 heavy (non-hydrogen) atoms. The second kappa shape index (κ2) is 8.05. The van der Waals surface area contributed by atoms with Crippen LogP contribution in [0.2, 0.25) is 0 Å². The summed E-state index contributed by atoms with van der Waals surface area (Å²) >= 11 is 4.43. The van der Waals surface area contributed by atoms with Gasteiger partial charge in [0.2, 0.25) is 10.0 Å². The number of sulfonamides is 1. The smallest absolute Gasteiger partial charge is 0.250 e. The zero-order valence-corrected chi connectivity index (χ0v) is 18.2. The fraction of sp³-hybridized carbons (Fsp3) is 0.312. The number of hydrogen-bond acceptors (Lipinski definition) is 7. The van der Waals surface area contributed by atoms with Crippen molar-refractivity contribution in [2.45, 2.75) is 25.0 Å². The van der Waals surface area contributed by atoms with E-state index >= 15 is 0 Å². The summed E-state index contributed by atoms with van der Waals surface area (Å²) in [4.78, 5) is 0. The highest BCUT2D eigenvalue weighted by molar-refractivity contribution is 9.11. The second-order valence-electron chi connectivity index (χ2n) is 5.87. The van der Waals surface area contributed by atoms with Gasteiger partial charge in [0.25, 0.3) is 0 Å². The minimum atomic E-state index is -3.49. The first-order valence-electron chi connectivity index (χ1n) is 8.14. The predicted octanol–water partition coefficient (Wildman–Crippen LogP) is 2.80. The summed E-state index contributed by atoms with van der Waals surface area (Å²) in [6, 6.07) is 6.88. The second-order valence-corrected chi connectivity index (χ2v) is 10.3. The van der Waals surface area contributed by atoms with Gasteiger partial charge in [0, 0.05) is 18.8 Å². The molecular formula is C16H19BrN6O2S2. The Morgan fingerprint density at radius 3 is 2.44 bits per heavy atom. The molecule has 0 aromatic carbocycles. The Morgan fingerprint density at radius 1 is 1.11 bits per heavy atom. The fourth-order valence-corrected chi connectivity index (χ4v) is 5.45. The van der Waals surface area contributed by atoms with Gasteiger partial charge in [0.1, 0.15) is 10.0 Å². The average molecular weight is 471 g/mol. The quantitative estimate of drug-likeness (QED) is 0.514. The van der Waals surface area contributed by atoms with Crippen molar-refractivity contribution in [1.82, 2.24) is 24.7 Å². The van der Waals surface area contributed by atoms with E-state index in [9.17, 15) is 8.42 Å². The van der Waals surface area contributed by atoms with Crippen molar-refractivity contribution in [2.24, 2.45) is 0 Å². The SMILES string of the molecule is Cc1nn(-c2ccc(NCCNS(=O)(=O)c3ccc(Br)s3)nn2)c(C)c1C. The summed E-state index contributed by atoms with van der Waals surface area (Å²) < 4.78 is 29.6. The summed E-state index contributed by atoms with van der Waals surface area (Å²) in [6.07, 6.45) is 0. The normalized spacial score (nSPS) is 11.7. The molecule has 0 saturated heterocycles. The Morgan fingerprint density at radius 2 is 1.89 bits per heavy atom. The van der Waals surface area contributed by atoms with Crippen LogP contribution in [0.25, 0.3) is 5.82 Å². The van der Waals surface area contributed by atoms with Gasteiger partial charge in [-0.2, -0.15) is 5.10 Å². The highest BCUT2D eigenvalue weighted by Gasteiger charge is 2.15. The Bertz CT molecular complexity index is 1040. The molecule has 0 bridgehead atoms. The van der Waals surface area contributed by atoms with Gasteiger partial charge in [0.05, 0.1) is 9.48 Å². The van der Waals surface area contributed by atoms with E-state index in [1.54, 1.807) is 22.9 Å². The van der Waals surface area contributed by atoms with Crippen LogP contribution in [0.3, 0.4) is 0 Å². The van der Waals surface area contributed by atoms with Gasteiger partial charge >= 0.3 is 0 Å². The lowest BCUT2D eigenvalue weighted by molar-refractivity contribution is 0.585. The molecule has 0 aliphatic heterocycles. The molecule has 0 aliphatic rings. The standard InChI is InChI=1S/C16H19BrN6O2S2/c1-10-11(2)22-23(12(10)3)15-6-5-14(20-21-15)18-8-9-19-27(24,25)16-7-4-13(17)26-16/h4-7,19H,8-9H2,1-3H3,(H,18,20). The number of rotatable bonds is 7. The van der Waals surface area contributed by atoms with Gasteiger partial charge in [-0.1, -0.05) is 0 Å². The molecule has 11 heteroatoms. The molecule has 0 aliphatic carbocycles. The lowest BCUT2D eigenvalue weighted by Gasteiger charge is -2.08. The maximum absolute atomic E-state index is 12.1. The number of aromatic nitrogens is 4. The maximum Gasteiger partial charge on any atom is 0.250 e. The molecule has 0 spiro atoms. The van der Waals surface area contributed by atoms with Crippen LogP contribution in [0.1, 0.15) is 17.0 Å². The van der Waals surface area contributed by atoms with Gasteiger partial charge < -0.3 is 5.32 Å². The molecule has 0 fully saturated rings. The number of hydrogen-bond donors (Lipinski definition) is 2. The third-order valence-electron chi connectivity index (χ3n) is 4.06. The van der Waals surface area contributed by atoms with Crippen LogP contribution < -0.4 is 10.0 Å². The van der Waals surface area contributed by atoms with E-state index in [-0.39, 0.29) is 10.8 Å². The number of aryl methyl sites for hydroxylation is 1. The van der Waals surface area contributed by atoms with E-state index in [0.29, 0.717) is 18.2 Å². The lowest BCUT2D eigenvalue weighted by atomic mass is 10.2. The topological polar surface area (TPSA) is 102 Å². The highest BCUT2D eigenvalue weighted by atomic mass is 79.9. The first kappa shape index (κ1) is 19.9. The molecule has 144 valence electrons. The van der Waals surface area contributed by atoms with Crippen LogP contribution in [0, 0.1) is 20.8 Å². The number of anilines is 1. The van der Waals surface area contributed by atoms with Crippen LogP contribution in [0.4, 0.5) is 5.82 Å². The first-order chi connectivity index (χ1) is 12.8. The molecule has 0 amide bonds. The van der Waals surface area contributed by atoms with Gasteiger partial charge in [-0.05, 0) is 66.5 Å². The molecule has 3 heterocycles. The van der Waals surface area contributed by atoms with Crippen molar-refractivity contribution in [2.75, 3.05) is 18.4 Å². The van der Waals surface area contributed by atoms with Crippen LogP contribution >= 0.6 is 27.3 Å². The average Bonchev–Trinajstić information content (AvgIpc) is 3.19. The van der Waals surface area contributed by atoms with Crippen molar-refractivity contribution in [3.05, 3.63) is 45.0 Å². The highest BCUT2D eigenvalue weighted by Crippen LogP contribution is 2.25. The number of nitrogens with one attached hydrogen (secondary N) is 2. The molecule has 3 rings (SSSR count). The van der Waals surface area contributed by atoms with Crippen molar-refractivity contribution >= 4 is 43.1 Å². The first-order valence-corrected chi connectivity index (χ1v) is 11.2. The van der Waals surface area contributed by atoms with Gasteiger partial charge in [-0.3, -0.25) is 0 Å². The minimum Gasteiger partial charge on any atom is -0.367 e. The third kappa shape index (κ3) is 4.54. The van der Waals surface area contributed by atoms with Crippen molar-refractivity contribution in [1.29, 1.82) is 0 Å². The molecule has 0 saturated carbocycles. The van der Waals surface area contributed by atoms with Gasteiger partial charge in [0.15, 0.2) is 5.82 Å². The van der Waals surface area contributed by atoms with Gasteiger partial charge in [-0.15, -0.1) is 21.5 Å². The summed E-state index contributed by atoms with van der Waals surface area (Å²) in [5.41, 5.74) is 3.11. The van der Waals surface area contributed by atoms with Crippen LogP contribution in [0.5, 0.6) is 0 Å². The van der Waals surface area contributed by atoms with E-state index in [2.05, 4.69) is 41.3 Å². The van der Waals surface area contributed by atoms with Gasteiger partial charge in [-0.25, -0.2) is 17.8 Å². The lowest BCUT2D eigenvalue weighted by Crippen LogP contribution is -2.28. The van der Waals surface area contributed by atoms with E-state index in [0.717, 1.165) is 20.7 Å². The molecular weight excluding hydrogens is 452 g/mol. The van der Waals surface area contributed by atoms with Crippen LogP contribution in [-0.2, 0) is 10.0 Å². The van der Waals surface area contributed by atoms with E-state index in [1.807, 2.05) is 26.8 Å². The molecule has 0 unspecified atom stereocenters. The van der Waals surface area contributed by atoms with Crippen molar-refractivity contribution in [3.63, 3.8) is 0 Å². The fourth-order valence-electron chi connectivity index (χ4n) is 2.37. The monoisotopic (exact) mass is 470 g/mol. The minimum absolute atomic E-state index is 0.234. The molecule has 8 nitrogen and oxygen atoms in total. The van der Waals surface area contributed by atoms with E-state index in [4.69, 9.17) is 0 Å². The zero-order valence-electron chi connectivity index (χ0n) is 15.0. The summed E-state index contributed by atoms with van der Waals surface area (Å²) in [5.74, 6) is 1.20. The molecule has 3 aromatic rings. The van der Waals surface area contributed by atoms with Crippen molar-refractivity contribution in [3.8, 4) is 5.82 Å². The summed E-state index contributed by atoms with van der Waals surface area (Å²) in [7, 11) is -3.49. The summed E-state index contributed by atoms with van der Waals surface area (Å²) in [5, 5.41) is 15.8. The molecule has 0 radical (unpaired) electrons. The Balaban J connectivity index is 1.55. The molecule has 3 aromatic heterocycles. The maximum atomic E-state index is 12.1. The Kier molecular flexibility index (Phi) is 5.94. The number of halogens is 1. The van der Waals surface area contributed by atoms with E-state index in [1.165, 1.54) is 11.3 Å².